The predicted molar refractivity (Wildman–Crippen MR) is 176 cm³/mol. The van der Waals surface area contributed by atoms with Crippen molar-refractivity contribution in [3.63, 3.8) is 0 Å². The van der Waals surface area contributed by atoms with E-state index >= 15 is 0 Å². The third-order valence-corrected chi connectivity index (χ3v) is 9.16. The van der Waals surface area contributed by atoms with E-state index in [-0.39, 0.29) is 43.7 Å². The molecule has 0 radical (unpaired) electrons. The average molecular weight is 647 g/mol. The molecule has 1 unspecified atom stereocenters. The van der Waals surface area contributed by atoms with Crippen LogP contribution in [0.2, 0.25) is 10.0 Å². The molecule has 0 saturated heterocycles. The van der Waals surface area contributed by atoms with Crippen LogP contribution in [-0.2, 0) is 32.6 Å². The topological polar surface area (TPSA) is 86.8 Å². The number of aryl methyl sites for hydroxylation is 2. The normalized spacial score (nSPS) is 12.2. The van der Waals surface area contributed by atoms with E-state index in [9.17, 15) is 18.0 Å². The standard InChI is InChI=1S/C33H41Cl2N3O4S/c1-23(2)21-36-33(40)31(20-26-10-7-6-8-11-26)37(22-27-14-16-29(34)30(35)19-27)32(39)12-9-17-38(43(5,41)42)28-15-13-24(3)25(4)18-28/h6-8,10-11,13-16,18-19,23,31H,9,12,17,20-22H2,1-5H3,(H,36,40). The fraction of sp³-hybridized carbons (Fsp3) is 0.394. The minimum atomic E-state index is -3.59. The first-order chi connectivity index (χ1) is 20.3. The van der Waals surface area contributed by atoms with E-state index in [1.54, 1.807) is 29.2 Å². The molecule has 7 nitrogen and oxygen atoms in total. The molecule has 0 aliphatic carbocycles. The number of carbonyl (C=O) groups is 2. The van der Waals surface area contributed by atoms with Crippen LogP contribution >= 0.6 is 23.2 Å². The molecule has 0 aliphatic heterocycles. The van der Waals surface area contributed by atoms with Crippen LogP contribution in [0.3, 0.4) is 0 Å². The molecule has 43 heavy (non-hydrogen) atoms. The van der Waals surface area contributed by atoms with Gasteiger partial charge in [0, 0.05) is 32.5 Å². The highest BCUT2D eigenvalue weighted by atomic mass is 35.5. The molecule has 0 heterocycles. The first-order valence-electron chi connectivity index (χ1n) is 14.4. The lowest BCUT2D eigenvalue weighted by Crippen LogP contribution is -2.51. The van der Waals surface area contributed by atoms with E-state index in [0.717, 1.165) is 28.5 Å². The maximum Gasteiger partial charge on any atom is 0.243 e. The smallest absolute Gasteiger partial charge is 0.243 e. The van der Waals surface area contributed by atoms with Gasteiger partial charge in [0.15, 0.2) is 0 Å². The second kappa shape index (κ2) is 15.6. The van der Waals surface area contributed by atoms with Gasteiger partial charge in [0.05, 0.1) is 22.0 Å². The lowest BCUT2D eigenvalue weighted by atomic mass is 10.0. The Morgan fingerprint density at radius 1 is 0.884 bits per heavy atom. The van der Waals surface area contributed by atoms with Gasteiger partial charge in [-0.05, 0) is 72.7 Å². The minimum Gasteiger partial charge on any atom is -0.354 e. The van der Waals surface area contributed by atoms with E-state index in [0.29, 0.717) is 28.7 Å². The highest BCUT2D eigenvalue weighted by molar-refractivity contribution is 7.92. The van der Waals surface area contributed by atoms with Crippen molar-refractivity contribution in [3.8, 4) is 0 Å². The Hall–Kier alpha value is -3.07. The molecule has 0 spiro atoms. The second-order valence-corrected chi connectivity index (χ2v) is 14.0. The van der Waals surface area contributed by atoms with Crippen molar-refractivity contribution in [2.45, 2.75) is 59.5 Å². The number of hydrogen-bond acceptors (Lipinski definition) is 4. The van der Waals surface area contributed by atoms with Gasteiger partial charge >= 0.3 is 0 Å². The van der Waals surface area contributed by atoms with Gasteiger partial charge in [0.1, 0.15) is 6.04 Å². The van der Waals surface area contributed by atoms with Crippen LogP contribution < -0.4 is 9.62 Å². The summed E-state index contributed by atoms with van der Waals surface area (Å²) in [6, 6.07) is 19.4. The number of sulfonamides is 1. The summed E-state index contributed by atoms with van der Waals surface area (Å²) in [5.41, 5.74) is 4.24. The van der Waals surface area contributed by atoms with Gasteiger partial charge in [-0.2, -0.15) is 0 Å². The number of hydrogen-bond donors (Lipinski definition) is 1. The Labute approximate surface area is 266 Å². The Bertz CT molecular complexity index is 1510. The number of rotatable bonds is 14. The zero-order chi connectivity index (χ0) is 31.7. The molecule has 0 aliphatic rings. The molecule has 232 valence electrons. The molecule has 0 fully saturated rings. The Kier molecular flexibility index (Phi) is 12.5. The van der Waals surface area contributed by atoms with Gasteiger partial charge < -0.3 is 10.2 Å². The lowest BCUT2D eigenvalue weighted by Gasteiger charge is -2.32. The molecule has 0 bridgehead atoms. The van der Waals surface area contributed by atoms with Gasteiger partial charge in [-0.3, -0.25) is 13.9 Å². The van der Waals surface area contributed by atoms with Crippen LogP contribution in [0, 0.1) is 19.8 Å². The molecule has 0 aromatic heterocycles. The van der Waals surface area contributed by atoms with Gasteiger partial charge in [0.25, 0.3) is 0 Å². The number of nitrogens with zero attached hydrogens (tertiary/aromatic N) is 2. The number of benzene rings is 3. The first-order valence-corrected chi connectivity index (χ1v) is 17.0. The molecule has 3 aromatic carbocycles. The first kappa shape index (κ1) is 34.4. The summed E-state index contributed by atoms with van der Waals surface area (Å²) >= 11 is 12.4. The summed E-state index contributed by atoms with van der Waals surface area (Å²) in [4.78, 5) is 29.2. The largest absolute Gasteiger partial charge is 0.354 e. The molecular formula is C33H41Cl2N3O4S. The summed E-state index contributed by atoms with van der Waals surface area (Å²) < 4.78 is 26.8. The van der Waals surface area contributed by atoms with Crippen LogP contribution in [-0.4, -0.2) is 50.5 Å². The monoisotopic (exact) mass is 645 g/mol. The van der Waals surface area contributed by atoms with Crippen LogP contribution in [0.15, 0.2) is 66.7 Å². The van der Waals surface area contributed by atoms with Crippen LogP contribution in [0.25, 0.3) is 0 Å². The van der Waals surface area contributed by atoms with Gasteiger partial charge in [0.2, 0.25) is 21.8 Å². The zero-order valence-electron chi connectivity index (χ0n) is 25.4. The van der Waals surface area contributed by atoms with Crippen molar-refractivity contribution in [1.82, 2.24) is 10.2 Å². The second-order valence-electron chi connectivity index (χ2n) is 11.3. The van der Waals surface area contributed by atoms with Crippen molar-refractivity contribution in [3.05, 3.63) is 99.0 Å². The van der Waals surface area contributed by atoms with E-state index in [1.165, 1.54) is 4.31 Å². The molecule has 2 amide bonds. The maximum absolute atomic E-state index is 14.0. The number of carbonyl (C=O) groups excluding carboxylic acids is 2. The average Bonchev–Trinajstić information content (AvgIpc) is 2.95. The van der Waals surface area contributed by atoms with Crippen LogP contribution in [0.4, 0.5) is 5.69 Å². The van der Waals surface area contributed by atoms with E-state index in [2.05, 4.69) is 5.32 Å². The van der Waals surface area contributed by atoms with Gasteiger partial charge in [-0.1, -0.05) is 79.5 Å². The quantitative estimate of drug-likeness (QED) is 0.215. The molecular weight excluding hydrogens is 605 g/mol. The molecule has 1 N–H and O–H groups in total. The number of halogens is 2. The van der Waals surface area contributed by atoms with Gasteiger partial charge in [-0.15, -0.1) is 0 Å². The number of nitrogens with one attached hydrogen (secondary N) is 1. The fourth-order valence-electron chi connectivity index (χ4n) is 4.70. The van der Waals surface area contributed by atoms with Crippen LogP contribution in [0.1, 0.15) is 48.9 Å². The molecule has 3 aromatic rings. The van der Waals surface area contributed by atoms with Gasteiger partial charge in [-0.25, -0.2) is 8.42 Å². The Balaban J connectivity index is 1.91. The van der Waals surface area contributed by atoms with Crippen molar-refractivity contribution in [2.24, 2.45) is 5.92 Å². The molecule has 10 heteroatoms. The van der Waals surface area contributed by atoms with Crippen molar-refractivity contribution < 1.29 is 18.0 Å². The van der Waals surface area contributed by atoms with Crippen molar-refractivity contribution >= 4 is 50.7 Å². The lowest BCUT2D eigenvalue weighted by molar-refractivity contribution is -0.141. The Morgan fingerprint density at radius 2 is 1.58 bits per heavy atom. The van der Waals surface area contributed by atoms with E-state index < -0.39 is 16.1 Å². The molecule has 3 rings (SSSR count). The third-order valence-electron chi connectivity index (χ3n) is 7.22. The highest BCUT2D eigenvalue weighted by Crippen LogP contribution is 2.26. The predicted octanol–water partition coefficient (Wildman–Crippen LogP) is 6.57. The molecule has 1 atom stereocenters. The van der Waals surface area contributed by atoms with Crippen LogP contribution in [0.5, 0.6) is 0 Å². The van der Waals surface area contributed by atoms with Crippen molar-refractivity contribution in [2.75, 3.05) is 23.7 Å². The Morgan fingerprint density at radius 3 is 2.19 bits per heavy atom. The summed E-state index contributed by atoms with van der Waals surface area (Å²) in [6.07, 6.45) is 1.79. The summed E-state index contributed by atoms with van der Waals surface area (Å²) in [6.45, 7) is 8.64. The summed E-state index contributed by atoms with van der Waals surface area (Å²) in [5, 5.41) is 3.75. The minimum absolute atomic E-state index is 0.0426. The van der Waals surface area contributed by atoms with E-state index in [4.69, 9.17) is 23.2 Å². The third kappa shape index (κ3) is 10.3. The SMILES string of the molecule is Cc1ccc(N(CCCC(=O)N(Cc2ccc(Cl)c(Cl)c2)C(Cc2ccccc2)C(=O)NCC(C)C)S(C)(=O)=O)cc1C. The van der Waals surface area contributed by atoms with Crippen molar-refractivity contribution in [1.29, 1.82) is 0 Å². The highest BCUT2D eigenvalue weighted by Gasteiger charge is 2.31. The zero-order valence-corrected chi connectivity index (χ0v) is 27.8. The van der Waals surface area contributed by atoms with E-state index in [1.807, 2.05) is 70.2 Å². The number of anilines is 1. The fourth-order valence-corrected chi connectivity index (χ4v) is 5.97. The summed E-state index contributed by atoms with van der Waals surface area (Å²) in [7, 11) is -3.59. The summed E-state index contributed by atoms with van der Waals surface area (Å²) in [5.74, 6) is -0.285. The maximum atomic E-state index is 14.0. The number of amides is 2. The molecule has 0 saturated carbocycles.